The number of carbonyl (C=O) groups excluding carboxylic acids is 1. The molecule has 1 saturated carbocycles. The summed E-state index contributed by atoms with van der Waals surface area (Å²) in [5.41, 5.74) is -0.101. The van der Waals surface area contributed by atoms with Gasteiger partial charge in [-0.2, -0.15) is 0 Å². The quantitative estimate of drug-likeness (QED) is 0.787. The fourth-order valence-electron chi connectivity index (χ4n) is 3.27. The second kappa shape index (κ2) is 6.91. The van der Waals surface area contributed by atoms with Gasteiger partial charge in [0.25, 0.3) is 5.56 Å². The molecule has 0 aliphatic heterocycles. The minimum atomic E-state index is -0.518. The van der Waals surface area contributed by atoms with Gasteiger partial charge in [-0.25, -0.2) is 4.79 Å². The maximum Gasteiger partial charge on any atom is 0.332 e. The molecule has 27 heavy (non-hydrogen) atoms. The van der Waals surface area contributed by atoms with Crippen molar-refractivity contribution >= 4 is 27.5 Å². The first kappa shape index (κ1) is 19.8. The average molecular weight is 394 g/mol. The maximum atomic E-state index is 13.0. The van der Waals surface area contributed by atoms with Gasteiger partial charge in [0.2, 0.25) is 0 Å². The summed E-state index contributed by atoms with van der Waals surface area (Å²) < 4.78 is 8.25. The zero-order valence-electron chi connectivity index (χ0n) is 16.7. The third-order valence-corrected chi connectivity index (χ3v) is 6.20. The molecule has 1 aliphatic rings. The second-order valence-electron chi connectivity index (χ2n) is 8.32. The van der Waals surface area contributed by atoms with Crippen LogP contribution < -0.4 is 16.6 Å². The highest BCUT2D eigenvalue weighted by atomic mass is 32.1. The molecule has 0 aromatic carbocycles. The molecule has 7 nitrogen and oxygen atoms in total. The Hall–Kier alpha value is -1.93. The van der Waals surface area contributed by atoms with Crippen molar-refractivity contribution in [3.8, 4) is 0 Å². The van der Waals surface area contributed by atoms with Gasteiger partial charge >= 0.3 is 11.7 Å². The number of nitrogens with zero attached hydrogens (tertiary/aromatic N) is 2. The van der Waals surface area contributed by atoms with Gasteiger partial charge < -0.3 is 10.1 Å². The SMILES string of the molecule is Cc1c(CNCC(=O)OC(C)(C)C)sc2c1c(=O)n([C@H]1C[C@@H]1C)c(=O)n2C. The van der Waals surface area contributed by atoms with E-state index in [0.717, 1.165) is 16.9 Å². The molecule has 8 heteroatoms. The molecule has 0 saturated heterocycles. The largest absolute Gasteiger partial charge is 0.459 e. The lowest BCUT2D eigenvalue weighted by molar-refractivity contribution is -0.153. The highest BCUT2D eigenvalue weighted by Gasteiger charge is 2.37. The third kappa shape index (κ3) is 3.87. The summed E-state index contributed by atoms with van der Waals surface area (Å²) in [5, 5.41) is 3.68. The summed E-state index contributed by atoms with van der Waals surface area (Å²) in [5.74, 6) is 0.0421. The van der Waals surface area contributed by atoms with Crippen molar-refractivity contribution in [2.24, 2.45) is 13.0 Å². The number of aryl methyl sites for hydroxylation is 2. The Morgan fingerprint density at radius 3 is 2.52 bits per heavy atom. The molecule has 1 aliphatic carbocycles. The van der Waals surface area contributed by atoms with Crippen molar-refractivity contribution in [3.05, 3.63) is 31.3 Å². The van der Waals surface area contributed by atoms with Crippen molar-refractivity contribution in [2.45, 2.75) is 59.2 Å². The number of aromatic nitrogens is 2. The molecule has 0 amide bonds. The summed E-state index contributed by atoms with van der Waals surface area (Å²) in [4.78, 5) is 39.1. The summed E-state index contributed by atoms with van der Waals surface area (Å²) in [6.07, 6.45) is 0.869. The van der Waals surface area contributed by atoms with Crippen LogP contribution >= 0.6 is 11.3 Å². The van der Waals surface area contributed by atoms with Crippen LogP contribution in [-0.2, 0) is 23.1 Å². The average Bonchev–Trinajstić information content (AvgIpc) is 3.15. The Bertz CT molecular complexity index is 1010. The number of hydrogen-bond donors (Lipinski definition) is 1. The molecular formula is C19H27N3O4S. The van der Waals surface area contributed by atoms with E-state index in [1.54, 1.807) is 11.6 Å². The third-order valence-electron chi connectivity index (χ3n) is 4.83. The van der Waals surface area contributed by atoms with Gasteiger partial charge in [0, 0.05) is 24.5 Å². The van der Waals surface area contributed by atoms with Crippen molar-refractivity contribution in [2.75, 3.05) is 6.54 Å². The van der Waals surface area contributed by atoms with Crippen LogP contribution in [0.2, 0.25) is 0 Å². The molecular weight excluding hydrogens is 366 g/mol. The predicted octanol–water partition coefficient (Wildman–Crippen LogP) is 2.08. The normalized spacial score (nSPS) is 19.5. The highest BCUT2D eigenvalue weighted by Crippen LogP contribution is 2.41. The van der Waals surface area contributed by atoms with E-state index < -0.39 is 5.60 Å². The zero-order valence-corrected chi connectivity index (χ0v) is 17.5. The van der Waals surface area contributed by atoms with E-state index in [9.17, 15) is 14.4 Å². The Morgan fingerprint density at radius 2 is 1.96 bits per heavy atom. The number of carbonyl (C=O) groups is 1. The van der Waals surface area contributed by atoms with E-state index in [0.29, 0.717) is 22.7 Å². The Labute approximate surface area is 161 Å². The standard InChI is InChI=1S/C19H27N3O4S/c1-10-7-12(10)22-16(24)15-11(2)13(27-17(15)21(6)18(22)25)8-20-9-14(23)26-19(3,4)5/h10,12,20H,7-9H2,1-6H3/t10-,12-/m0/s1. The molecule has 148 valence electrons. The molecule has 0 bridgehead atoms. The minimum Gasteiger partial charge on any atom is -0.459 e. The Kier molecular flexibility index (Phi) is 5.07. The van der Waals surface area contributed by atoms with E-state index in [1.165, 1.54) is 15.9 Å². The van der Waals surface area contributed by atoms with Crippen LogP contribution in [0.3, 0.4) is 0 Å². The second-order valence-corrected chi connectivity index (χ2v) is 9.40. The summed E-state index contributed by atoms with van der Waals surface area (Å²) in [6.45, 7) is 9.96. The molecule has 0 spiro atoms. The van der Waals surface area contributed by atoms with Crippen LogP contribution in [0.25, 0.3) is 10.2 Å². The van der Waals surface area contributed by atoms with Crippen molar-refractivity contribution in [3.63, 3.8) is 0 Å². The first-order valence-corrected chi connectivity index (χ1v) is 9.99. The van der Waals surface area contributed by atoms with Gasteiger partial charge in [-0.15, -0.1) is 11.3 Å². The molecule has 3 rings (SSSR count). The van der Waals surface area contributed by atoms with Crippen molar-refractivity contribution in [1.82, 2.24) is 14.5 Å². The van der Waals surface area contributed by atoms with E-state index in [4.69, 9.17) is 4.74 Å². The van der Waals surface area contributed by atoms with Crippen LogP contribution in [0.4, 0.5) is 0 Å². The van der Waals surface area contributed by atoms with Crippen LogP contribution in [0.15, 0.2) is 9.59 Å². The van der Waals surface area contributed by atoms with Crippen molar-refractivity contribution in [1.29, 1.82) is 0 Å². The fraction of sp³-hybridized carbons (Fsp3) is 0.632. The van der Waals surface area contributed by atoms with E-state index in [-0.39, 0.29) is 29.8 Å². The highest BCUT2D eigenvalue weighted by molar-refractivity contribution is 7.18. The van der Waals surface area contributed by atoms with E-state index in [1.807, 2.05) is 34.6 Å². The molecule has 2 heterocycles. The number of nitrogens with one attached hydrogen (secondary N) is 1. The molecule has 2 aromatic heterocycles. The number of rotatable bonds is 5. The predicted molar refractivity (Wildman–Crippen MR) is 106 cm³/mol. The van der Waals surface area contributed by atoms with Crippen LogP contribution in [0.1, 0.15) is 50.6 Å². The van der Waals surface area contributed by atoms with Gasteiger partial charge in [-0.05, 0) is 45.6 Å². The monoisotopic (exact) mass is 393 g/mol. The summed E-state index contributed by atoms with van der Waals surface area (Å²) in [7, 11) is 1.71. The molecule has 1 N–H and O–H groups in total. The van der Waals surface area contributed by atoms with Crippen LogP contribution in [-0.4, -0.2) is 27.2 Å². The lowest BCUT2D eigenvalue weighted by Gasteiger charge is -2.19. The van der Waals surface area contributed by atoms with Gasteiger partial charge in [-0.1, -0.05) is 6.92 Å². The number of thiophene rings is 1. The first-order valence-electron chi connectivity index (χ1n) is 9.17. The zero-order chi connectivity index (χ0) is 20.1. The molecule has 1 fully saturated rings. The number of hydrogen-bond acceptors (Lipinski definition) is 6. The smallest absolute Gasteiger partial charge is 0.332 e. The molecule has 2 aromatic rings. The lowest BCUT2D eigenvalue weighted by atomic mass is 10.2. The van der Waals surface area contributed by atoms with Crippen molar-refractivity contribution < 1.29 is 9.53 Å². The molecule has 0 radical (unpaired) electrons. The number of fused-ring (bicyclic) bond motifs is 1. The Morgan fingerprint density at radius 1 is 1.33 bits per heavy atom. The summed E-state index contributed by atoms with van der Waals surface area (Å²) in [6, 6.07) is 0.00800. The van der Waals surface area contributed by atoms with Gasteiger partial charge in [0.1, 0.15) is 10.4 Å². The lowest BCUT2D eigenvalue weighted by Crippen LogP contribution is -2.38. The number of esters is 1. The number of ether oxygens (including phenoxy) is 1. The minimum absolute atomic E-state index is 0.00800. The fourth-order valence-corrected chi connectivity index (χ4v) is 4.49. The Balaban J connectivity index is 1.86. The van der Waals surface area contributed by atoms with E-state index in [2.05, 4.69) is 5.32 Å². The maximum absolute atomic E-state index is 13.0. The van der Waals surface area contributed by atoms with Crippen LogP contribution in [0, 0.1) is 12.8 Å². The summed E-state index contributed by atoms with van der Waals surface area (Å²) >= 11 is 1.42. The topological polar surface area (TPSA) is 82.3 Å². The van der Waals surface area contributed by atoms with Crippen LogP contribution in [0.5, 0.6) is 0 Å². The van der Waals surface area contributed by atoms with E-state index >= 15 is 0 Å². The van der Waals surface area contributed by atoms with Gasteiger partial charge in [0.15, 0.2) is 0 Å². The van der Waals surface area contributed by atoms with Gasteiger partial charge in [0.05, 0.1) is 11.9 Å². The molecule has 2 atom stereocenters. The van der Waals surface area contributed by atoms with Gasteiger partial charge in [-0.3, -0.25) is 18.7 Å². The first-order chi connectivity index (χ1) is 12.5. The molecule has 0 unspecified atom stereocenters.